The summed E-state index contributed by atoms with van der Waals surface area (Å²) in [7, 11) is 0. The van der Waals surface area contributed by atoms with Gasteiger partial charge in [-0.25, -0.2) is 0 Å². The lowest BCUT2D eigenvalue weighted by Crippen LogP contribution is -2.10. The Kier molecular flexibility index (Phi) is 4.37. The van der Waals surface area contributed by atoms with Crippen LogP contribution in [-0.2, 0) is 0 Å². The second kappa shape index (κ2) is 5.14. The summed E-state index contributed by atoms with van der Waals surface area (Å²) in [5.74, 6) is 0.196. The lowest BCUT2D eigenvalue weighted by atomic mass is 10.0. The van der Waals surface area contributed by atoms with Crippen molar-refractivity contribution < 1.29 is 5.11 Å². The van der Waals surface area contributed by atoms with E-state index in [0.717, 1.165) is 17.6 Å². The van der Waals surface area contributed by atoms with Crippen molar-refractivity contribution in [3.8, 4) is 5.75 Å². The zero-order chi connectivity index (χ0) is 11.6. The van der Waals surface area contributed by atoms with Crippen LogP contribution in [0.4, 0.5) is 0 Å². The molecule has 0 bridgehead atoms. The second-order valence-corrected chi connectivity index (χ2v) is 5.31. The van der Waals surface area contributed by atoms with E-state index in [0.29, 0.717) is 8.95 Å². The minimum Gasteiger partial charge on any atom is -0.506 e. The van der Waals surface area contributed by atoms with E-state index in [1.807, 2.05) is 19.1 Å². The molecule has 1 aromatic carbocycles. The summed E-state index contributed by atoms with van der Waals surface area (Å²) < 4.78 is 1.29. The topological polar surface area (TPSA) is 46.2 Å². The van der Waals surface area contributed by atoms with Crippen LogP contribution in [0, 0.1) is 0 Å². The molecule has 0 aliphatic rings. The molecule has 0 aromatic heterocycles. The number of benzene rings is 1. The smallest absolute Gasteiger partial charge is 0.143 e. The lowest BCUT2D eigenvalue weighted by molar-refractivity contribution is 0.468. The van der Waals surface area contributed by atoms with Gasteiger partial charge in [0.25, 0.3) is 0 Å². The van der Waals surface area contributed by atoms with Crippen molar-refractivity contribution in [1.82, 2.24) is 0 Å². The lowest BCUT2D eigenvalue weighted by Gasteiger charge is -2.13. The van der Waals surface area contributed by atoms with E-state index in [9.17, 15) is 5.11 Å². The van der Waals surface area contributed by atoms with Crippen molar-refractivity contribution in [2.45, 2.75) is 19.4 Å². The Morgan fingerprint density at radius 2 is 1.93 bits per heavy atom. The van der Waals surface area contributed by atoms with Gasteiger partial charge in [-0.2, -0.15) is 0 Å². The van der Waals surface area contributed by atoms with Crippen molar-refractivity contribution in [2.24, 2.45) is 5.73 Å². The largest absolute Gasteiger partial charge is 0.506 e. The Bertz CT molecular complexity index is 367. The van der Waals surface area contributed by atoms with E-state index in [1.54, 1.807) is 0 Å². The molecule has 82 valence electrons. The molecule has 3 N–H and O–H groups in total. The molecule has 0 aliphatic carbocycles. The molecule has 0 radical (unpaired) electrons. The fraction of sp³-hybridized carbons (Fsp3) is 0.273. The molecule has 2 nitrogen and oxygen atoms in total. The molecule has 15 heavy (non-hydrogen) atoms. The highest BCUT2D eigenvalue weighted by Crippen LogP contribution is 2.35. The first-order chi connectivity index (χ1) is 6.91. The SMILES string of the molecule is C=C(C)C[C@H](N)c1cc(Br)c(O)c(Br)c1. The van der Waals surface area contributed by atoms with Crippen LogP contribution in [0.2, 0.25) is 0 Å². The molecular formula is C11H13Br2NO. The average Bonchev–Trinajstić information content (AvgIpc) is 2.12. The van der Waals surface area contributed by atoms with Gasteiger partial charge < -0.3 is 10.8 Å². The molecule has 0 saturated heterocycles. The van der Waals surface area contributed by atoms with Gasteiger partial charge in [0.15, 0.2) is 0 Å². The van der Waals surface area contributed by atoms with Crippen LogP contribution in [0.3, 0.4) is 0 Å². The summed E-state index contributed by atoms with van der Waals surface area (Å²) in [4.78, 5) is 0. The van der Waals surface area contributed by atoms with Gasteiger partial charge in [-0.3, -0.25) is 0 Å². The van der Waals surface area contributed by atoms with E-state index in [-0.39, 0.29) is 11.8 Å². The highest BCUT2D eigenvalue weighted by Gasteiger charge is 2.11. The first kappa shape index (κ1) is 12.7. The van der Waals surface area contributed by atoms with Crippen LogP contribution in [0.1, 0.15) is 24.9 Å². The maximum atomic E-state index is 9.54. The van der Waals surface area contributed by atoms with E-state index in [4.69, 9.17) is 5.73 Å². The van der Waals surface area contributed by atoms with Crippen molar-refractivity contribution in [3.63, 3.8) is 0 Å². The van der Waals surface area contributed by atoms with Crippen LogP contribution in [0.15, 0.2) is 33.2 Å². The second-order valence-electron chi connectivity index (χ2n) is 3.60. The van der Waals surface area contributed by atoms with Gasteiger partial charge >= 0.3 is 0 Å². The quantitative estimate of drug-likeness (QED) is 0.824. The minimum absolute atomic E-state index is 0.0873. The number of phenols is 1. The van der Waals surface area contributed by atoms with Crippen LogP contribution in [-0.4, -0.2) is 5.11 Å². The standard InChI is InChI=1S/C11H13Br2NO/c1-6(2)3-10(14)7-4-8(12)11(15)9(13)5-7/h4-5,10,15H,1,3,14H2,2H3/t10-/m0/s1. The highest BCUT2D eigenvalue weighted by molar-refractivity contribution is 9.11. The molecule has 1 aromatic rings. The van der Waals surface area contributed by atoms with Crippen LogP contribution in [0.25, 0.3) is 0 Å². The molecule has 1 atom stereocenters. The maximum absolute atomic E-state index is 9.54. The van der Waals surface area contributed by atoms with Gasteiger partial charge in [0.05, 0.1) is 8.95 Å². The van der Waals surface area contributed by atoms with E-state index < -0.39 is 0 Å². The van der Waals surface area contributed by atoms with Gasteiger partial charge in [0.1, 0.15) is 5.75 Å². The molecule has 0 spiro atoms. The normalized spacial score (nSPS) is 12.5. The predicted octanol–water partition coefficient (Wildman–Crippen LogP) is 3.88. The van der Waals surface area contributed by atoms with Crippen LogP contribution in [0.5, 0.6) is 5.75 Å². The summed E-state index contributed by atoms with van der Waals surface area (Å²) in [5, 5.41) is 9.54. The number of nitrogens with two attached hydrogens (primary N) is 1. The van der Waals surface area contributed by atoms with Crippen molar-refractivity contribution >= 4 is 31.9 Å². The van der Waals surface area contributed by atoms with Gasteiger partial charge in [0.2, 0.25) is 0 Å². The zero-order valence-corrected chi connectivity index (χ0v) is 11.6. The number of hydrogen-bond acceptors (Lipinski definition) is 2. The monoisotopic (exact) mass is 333 g/mol. The Balaban J connectivity index is 3.00. The van der Waals surface area contributed by atoms with Crippen LogP contribution < -0.4 is 5.73 Å². The van der Waals surface area contributed by atoms with E-state index >= 15 is 0 Å². The Morgan fingerprint density at radius 3 is 2.33 bits per heavy atom. The van der Waals surface area contributed by atoms with Gasteiger partial charge in [-0.15, -0.1) is 6.58 Å². The summed E-state index contributed by atoms with van der Waals surface area (Å²) in [6.07, 6.45) is 0.740. The number of phenolic OH excluding ortho intramolecular Hbond substituents is 1. The van der Waals surface area contributed by atoms with Crippen molar-refractivity contribution in [1.29, 1.82) is 0 Å². The minimum atomic E-state index is -0.0873. The average molecular weight is 335 g/mol. The maximum Gasteiger partial charge on any atom is 0.143 e. The fourth-order valence-electron chi connectivity index (χ4n) is 1.29. The first-order valence-corrected chi connectivity index (χ1v) is 6.08. The van der Waals surface area contributed by atoms with Gasteiger partial charge in [-0.1, -0.05) is 5.57 Å². The Labute approximate surface area is 106 Å². The first-order valence-electron chi connectivity index (χ1n) is 4.49. The Morgan fingerprint density at radius 1 is 1.47 bits per heavy atom. The summed E-state index contributed by atoms with van der Waals surface area (Å²) in [6.45, 7) is 5.78. The van der Waals surface area contributed by atoms with E-state index in [1.165, 1.54) is 0 Å². The number of halogens is 2. The summed E-state index contributed by atoms with van der Waals surface area (Å²) in [6, 6.07) is 3.57. The molecule has 0 fully saturated rings. The molecule has 4 heteroatoms. The molecule has 0 aliphatic heterocycles. The van der Waals surface area contributed by atoms with Crippen molar-refractivity contribution in [2.75, 3.05) is 0 Å². The number of aromatic hydroxyl groups is 1. The fourth-order valence-corrected chi connectivity index (χ4v) is 2.51. The Hall–Kier alpha value is -0.320. The van der Waals surface area contributed by atoms with Crippen LogP contribution >= 0.6 is 31.9 Å². The predicted molar refractivity (Wildman–Crippen MR) is 69.9 cm³/mol. The summed E-state index contributed by atoms with van der Waals surface area (Å²) >= 11 is 6.55. The molecular weight excluding hydrogens is 322 g/mol. The summed E-state index contributed by atoms with van der Waals surface area (Å²) in [5.41, 5.74) is 8.01. The zero-order valence-electron chi connectivity index (χ0n) is 8.43. The third-order valence-corrected chi connectivity index (χ3v) is 3.24. The van der Waals surface area contributed by atoms with Gasteiger partial charge in [-0.05, 0) is 62.9 Å². The van der Waals surface area contributed by atoms with Crippen molar-refractivity contribution in [3.05, 3.63) is 38.8 Å². The molecule has 0 heterocycles. The molecule has 1 rings (SSSR count). The van der Waals surface area contributed by atoms with Gasteiger partial charge in [0, 0.05) is 6.04 Å². The van der Waals surface area contributed by atoms with E-state index in [2.05, 4.69) is 38.4 Å². The molecule has 0 amide bonds. The molecule has 0 unspecified atom stereocenters. The number of hydrogen-bond donors (Lipinski definition) is 2. The number of rotatable bonds is 3. The highest BCUT2D eigenvalue weighted by atomic mass is 79.9. The third-order valence-electron chi connectivity index (χ3n) is 2.04. The molecule has 0 saturated carbocycles. The third kappa shape index (κ3) is 3.33.